The predicted molar refractivity (Wildman–Crippen MR) is 59.4 cm³/mol. The molecule has 2 N–H and O–H groups in total. The summed E-state index contributed by atoms with van der Waals surface area (Å²) in [7, 11) is 0. The average Bonchev–Trinajstić information content (AvgIpc) is 2.19. The summed E-state index contributed by atoms with van der Waals surface area (Å²) in [6, 6.07) is 0.222. The topological polar surface area (TPSA) is 38.5 Å². The quantitative estimate of drug-likeness (QED) is 0.725. The lowest BCUT2D eigenvalue weighted by Gasteiger charge is -2.35. The molecular formula is C11H24N2O. The molecule has 1 aliphatic rings. The van der Waals surface area contributed by atoms with Crippen LogP contribution in [0.3, 0.4) is 0 Å². The summed E-state index contributed by atoms with van der Waals surface area (Å²) >= 11 is 0. The van der Waals surface area contributed by atoms with E-state index in [-0.39, 0.29) is 12.1 Å². The normalized spacial score (nSPS) is 26.4. The minimum absolute atomic E-state index is 0.222. The van der Waals surface area contributed by atoms with Gasteiger partial charge < -0.3 is 10.5 Å². The molecule has 0 bridgehead atoms. The average molecular weight is 200 g/mol. The summed E-state index contributed by atoms with van der Waals surface area (Å²) in [5.41, 5.74) is 6.07. The van der Waals surface area contributed by atoms with E-state index >= 15 is 0 Å². The van der Waals surface area contributed by atoms with Gasteiger partial charge in [-0.25, -0.2) is 0 Å². The maximum atomic E-state index is 6.07. The maximum Gasteiger partial charge on any atom is 0.0853 e. The molecule has 3 heteroatoms. The number of hydrogen-bond donors (Lipinski definition) is 1. The van der Waals surface area contributed by atoms with E-state index in [0.717, 1.165) is 32.5 Å². The molecule has 1 saturated heterocycles. The lowest BCUT2D eigenvalue weighted by atomic mass is 10.1. The Bertz CT molecular complexity index is 146. The van der Waals surface area contributed by atoms with Gasteiger partial charge in [0.1, 0.15) is 0 Å². The van der Waals surface area contributed by atoms with Crippen LogP contribution in [0, 0.1) is 0 Å². The van der Waals surface area contributed by atoms with Crippen LogP contribution >= 0.6 is 0 Å². The first kappa shape index (κ1) is 12.0. The third-order valence-electron chi connectivity index (χ3n) is 2.82. The van der Waals surface area contributed by atoms with Gasteiger partial charge in [-0.3, -0.25) is 4.90 Å². The molecule has 1 fully saturated rings. The molecule has 1 heterocycles. The Morgan fingerprint density at radius 2 is 2.21 bits per heavy atom. The van der Waals surface area contributed by atoms with Gasteiger partial charge in [0.05, 0.1) is 12.7 Å². The molecule has 0 aliphatic carbocycles. The van der Waals surface area contributed by atoms with E-state index in [0.29, 0.717) is 0 Å². The molecule has 1 aliphatic heterocycles. The van der Waals surface area contributed by atoms with Gasteiger partial charge in [-0.05, 0) is 19.4 Å². The van der Waals surface area contributed by atoms with Gasteiger partial charge in [0, 0.05) is 19.1 Å². The Morgan fingerprint density at radius 3 is 2.86 bits per heavy atom. The van der Waals surface area contributed by atoms with Crippen LogP contribution in [0.2, 0.25) is 0 Å². The van der Waals surface area contributed by atoms with Crippen LogP contribution in [-0.4, -0.2) is 43.3 Å². The van der Waals surface area contributed by atoms with Crippen LogP contribution in [0.15, 0.2) is 0 Å². The molecule has 0 aromatic heterocycles. The molecule has 0 radical (unpaired) electrons. The lowest BCUT2D eigenvalue weighted by Crippen LogP contribution is -2.50. The lowest BCUT2D eigenvalue weighted by molar-refractivity contribution is -0.0413. The van der Waals surface area contributed by atoms with E-state index in [1.807, 2.05) is 0 Å². The first-order valence-electron chi connectivity index (χ1n) is 5.87. The van der Waals surface area contributed by atoms with Gasteiger partial charge in [-0.1, -0.05) is 20.3 Å². The van der Waals surface area contributed by atoms with E-state index < -0.39 is 0 Å². The van der Waals surface area contributed by atoms with E-state index in [9.17, 15) is 0 Å². The van der Waals surface area contributed by atoms with E-state index in [2.05, 4.69) is 18.7 Å². The van der Waals surface area contributed by atoms with Crippen molar-refractivity contribution in [1.82, 2.24) is 4.90 Å². The van der Waals surface area contributed by atoms with Gasteiger partial charge in [0.15, 0.2) is 0 Å². The van der Waals surface area contributed by atoms with E-state index in [1.165, 1.54) is 13.0 Å². The van der Waals surface area contributed by atoms with Crippen molar-refractivity contribution in [1.29, 1.82) is 0 Å². The zero-order valence-corrected chi connectivity index (χ0v) is 9.54. The summed E-state index contributed by atoms with van der Waals surface area (Å²) < 4.78 is 5.70. The summed E-state index contributed by atoms with van der Waals surface area (Å²) in [4.78, 5) is 2.46. The maximum absolute atomic E-state index is 6.07. The Labute approximate surface area is 87.6 Å². The molecule has 14 heavy (non-hydrogen) atoms. The highest BCUT2D eigenvalue weighted by Gasteiger charge is 2.24. The summed E-state index contributed by atoms with van der Waals surface area (Å²) in [5.74, 6) is 0. The molecule has 0 saturated carbocycles. The third kappa shape index (κ3) is 3.56. The highest BCUT2D eigenvalue weighted by Crippen LogP contribution is 2.11. The Morgan fingerprint density at radius 1 is 1.43 bits per heavy atom. The van der Waals surface area contributed by atoms with E-state index in [4.69, 9.17) is 10.5 Å². The van der Waals surface area contributed by atoms with Crippen LogP contribution in [0.25, 0.3) is 0 Å². The van der Waals surface area contributed by atoms with Crippen molar-refractivity contribution in [2.75, 3.05) is 26.2 Å². The van der Waals surface area contributed by atoms with Gasteiger partial charge in [0.25, 0.3) is 0 Å². The van der Waals surface area contributed by atoms with Gasteiger partial charge in [-0.15, -0.1) is 0 Å². The first-order valence-corrected chi connectivity index (χ1v) is 5.87. The fourth-order valence-electron chi connectivity index (χ4n) is 2.03. The van der Waals surface area contributed by atoms with Crippen molar-refractivity contribution in [2.24, 2.45) is 5.73 Å². The molecule has 1 rings (SSSR count). The van der Waals surface area contributed by atoms with Crippen molar-refractivity contribution in [3.8, 4) is 0 Å². The zero-order chi connectivity index (χ0) is 10.4. The second kappa shape index (κ2) is 6.38. The zero-order valence-electron chi connectivity index (χ0n) is 9.54. The largest absolute Gasteiger partial charge is 0.374 e. The van der Waals surface area contributed by atoms with Crippen molar-refractivity contribution in [2.45, 2.75) is 45.3 Å². The molecule has 0 spiro atoms. The number of rotatable bonds is 5. The first-order chi connectivity index (χ1) is 6.77. The number of nitrogens with two attached hydrogens (primary N) is 1. The van der Waals surface area contributed by atoms with Crippen LogP contribution in [-0.2, 0) is 4.74 Å². The molecule has 0 aromatic carbocycles. The summed E-state index contributed by atoms with van der Waals surface area (Å²) in [6.45, 7) is 8.52. The van der Waals surface area contributed by atoms with Gasteiger partial charge in [0.2, 0.25) is 0 Å². The second-order valence-corrected chi connectivity index (χ2v) is 4.16. The molecule has 2 unspecified atom stereocenters. The predicted octanol–water partition coefficient (Wildman–Crippen LogP) is 1.22. The minimum Gasteiger partial charge on any atom is -0.374 e. The fraction of sp³-hybridized carbons (Fsp3) is 1.00. The second-order valence-electron chi connectivity index (χ2n) is 4.16. The molecular weight excluding hydrogens is 176 g/mol. The van der Waals surface area contributed by atoms with Gasteiger partial charge in [-0.2, -0.15) is 0 Å². The van der Waals surface area contributed by atoms with Crippen molar-refractivity contribution < 1.29 is 4.74 Å². The number of nitrogens with zero attached hydrogens (tertiary/aromatic N) is 1. The van der Waals surface area contributed by atoms with Crippen LogP contribution in [0.5, 0.6) is 0 Å². The highest BCUT2D eigenvalue weighted by atomic mass is 16.5. The SMILES string of the molecule is CCCC(N)C1CN(CCC)CCO1. The van der Waals surface area contributed by atoms with Gasteiger partial charge >= 0.3 is 0 Å². The Kier molecular flexibility index (Phi) is 5.45. The standard InChI is InChI=1S/C11H24N2O/c1-3-5-10(12)11-9-13(6-4-2)7-8-14-11/h10-11H,3-9,12H2,1-2H3. The monoisotopic (exact) mass is 200 g/mol. The summed E-state index contributed by atoms with van der Waals surface area (Å²) in [6.07, 6.45) is 3.70. The number of hydrogen-bond acceptors (Lipinski definition) is 3. The van der Waals surface area contributed by atoms with Crippen molar-refractivity contribution in [3.05, 3.63) is 0 Å². The number of ether oxygens (including phenoxy) is 1. The van der Waals surface area contributed by atoms with Crippen LogP contribution in [0.1, 0.15) is 33.1 Å². The summed E-state index contributed by atoms with van der Waals surface area (Å²) in [5, 5.41) is 0. The fourth-order valence-corrected chi connectivity index (χ4v) is 2.03. The van der Waals surface area contributed by atoms with Crippen molar-refractivity contribution >= 4 is 0 Å². The van der Waals surface area contributed by atoms with Crippen LogP contribution in [0.4, 0.5) is 0 Å². The van der Waals surface area contributed by atoms with Crippen LogP contribution < -0.4 is 5.73 Å². The van der Waals surface area contributed by atoms with Crippen molar-refractivity contribution in [3.63, 3.8) is 0 Å². The minimum atomic E-state index is 0.222. The molecule has 0 amide bonds. The Hall–Kier alpha value is -0.120. The molecule has 84 valence electrons. The molecule has 2 atom stereocenters. The molecule has 3 nitrogen and oxygen atoms in total. The highest BCUT2D eigenvalue weighted by molar-refractivity contribution is 4.80. The van der Waals surface area contributed by atoms with E-state index in [1.54, 1.807) is 0 Å². The molecule has 0 aromatic rings. The number of morpholine rings is 1. The Balaban J connectivity index is 2.31. The smallest absolute Gasteiger partial charge is 0.0853 e. The third-order valence-corrected chi connectivity index (χ3v) is 2.82.